The van der Waals surface area contributed by atoms with Gasteiger partial charge in [-0.1, -0.05) is 54.9 Å². The summed E-state index contributed by atoms with van der Waals surface area (Å²) in [4.78, 5) is 0. The van der Waals surface area contributed by atoms with Crippen LogP contribution in [0, 0.1) is 5.82 Å². The van der Waals surface area contributed by atoms with E-state index in [1.807, 2.05) is 24.3 Å². The highest BCUT2D eigenvalue weighted by molar-refractivity contribution is 6.31. The number of aryl methyl sites for hydroxylation is 1. The fourth-order valence-electron chi connectivity index (χ4n) is 1.82. The Kier molecular flexibility index (Phi) is 4.26. The van der Waals surface area contributed by atoms with Crippen LogP contribution >= 0.6 is 23.2 Å². The Labute approximate surface area is 116 Å². The molecule has 0 saturated carbocycles. The monoisotopic (exact) mass is 282 g/mol. The third-order valence-electron chi connectivity index (χ3n) is 2.94. The summed E-state index contributed by atoms with van der Waals surface area (Å²) in [6.45, 7) is 2.09. The van der Waals surface area contributed by atoms with Crippen LogP contribution in [0.1, 0.15) is 29.0 Å². The van der Waals surface area contributed by atoms with E-state index in [9.17, 15) is 4.39 Å². The summed E-state index contributed by atoms with van der Waals surface area (Å²) in [5, 5.41) is -0.419. The lowest BCUT2D eigenvalue weighted by Gasteiger charge is -2.12. The third-order valence-corrected chi connectivity index (χ3v) is 3.71. The number of hydrogen-bond acceptors (Lipinski definition) is 0. The van der Waals surface area contributed by atoms with E-state index in [0.717, 1.165) is 12.0 Å². The predicted octanol–water partition coefficient (Wildman–Crippen LogP) is 5.37. The fraction of sp³-hybridized carbons (Fsp3) is 0.200. The van der Waals surface area contributed by atoms with Crippen molar-refractivity contribution >= 4 is 23.2 Å². The summed E-state index contributed by atoms with van der Waals surface area (Å²) in [6.07, 6.45) is 0.971. The molecule has 94 valence electrons. The van der Waals surface area contributed by atoms with Gasteiger partial charge in [0.05, 0.1) is 10.4 Å². The van der Waals surface area contributed by atoms with E-state index in [1.54, 1.807) is 12.1 Å². The van der Waals surface area contributed by atoms with E-state index in [-0.39, 0.29) is 5.02 Å². The third kappa shape index (κ3) is 2.68. The van der Waals surface area contributed by atoms with Gasteiger partial charge in [0.15, 0.2) is 0 Å². The second-order valence-corrected chi connectivity index (χ2v) is 4.94. The van der Waals surface area contributed by atoms with Crippen molar-refractivity contribution in [1.82, 2.24) is 0 Å². The van der Waals surface area contributed by atoms with E-state index in [1.165, 1.54) is 11.6 Å². The Balaban J connectivity index is 2.35. The maximum absolute atomic E-state index is 13.9. The predicted molar refractivity (Wildman–Crippen MR) is 74.9 cm³/mol. The summed E-state index contributed by atoms with van der Waals surface area (Å²) >= 11 is 12.1. The summed E-state index contributed by atoms with van der Waals surface area (Å²) in [6, 6.07) is 12.8. The molecular weight excluding hydrogens is 270 g/mol. The summed E-state index contributed by atoms with van der Waals surface area (Å²) in [5.74, 6) is -0.446. The van der Waals surface area contributed by atoms with Gasteiger partial charge in [-0.05, 0) is 23.6 Å². The van der Waals surface area contributed by atoms with Gasteiger partial charge in [0.1, 0.15) is 5.82 Å². The SMILES string of the molecule is CCc1ccc(C(Cl)c2cccc(Cl)c2F)cc1. The van der Waals surface area contributed by atoms with Crippen LogP contribution < -0.4 is 0 Å². The van der Waals surface area contributed by atoms with Crippen molar-refractivity contribution in [3.8, 4) is 0 Å². The smallest absolute Gasteiger partial charge is 0.146 e. The molecule has 0 amide bonds. The highest BCUT2D eigenvalue weighted by Crippen LogP contribution is 2.33. The lowest BCUT2D eigenvalue weighted by Crippen LogP contribution is -1.97. The second kappa shape index (κ2) is 5.73. The molecule has 0 nitrogen and oxygen atoms in total. The molecule has 0 aliphatic heterocycles. The van der Waals surface area contributed by atoms with Gasteiger partial charge in [-0.2, -0.15) is 0 Å². The van der Waals surface area contributed by atoms with E-state index in [2.05, 4.69) is 6.92 Å². The number of halogens is 3. The molecule has 2 aromatic carbocycles. The van der Waals surface area contributed by atoms with Gasteiger partial charge < -0.3 is 0 Å². The minimum absolute atomic E-state index is 0.100. The second-order valence-electron chi connectivity index (χ2n) is 4.10. The van der Waals surface area contributed by atoms with Crippen LogP contribution in [0.15, 0.2) is 42.5 Å². The van der Waals surface area contributed by atoms with Gasteiger partial charge in [-0.25, -0.2) is 4.39 Å². The summed E-state index contributed by atoms with van der Waals surface area (Å²) in [5.41, 5.74) is 2.51. The van der Waals surface area contributed by atoms with Crippen molar-refractivity contribution in [2.75, 3.05) is 0 Å². The topological polar surface area (TPSA) is 0 Å². The molecule has 3 heteroatoms. The van der Waals surface area contributed by atoms with E-state index < -0.39 is 11.2 Å². The zero-order valence-corrected chi connectivity index (χ0v) is 11.5. The normalized spacial score (nSPS) is 12.4. The molecule has 0 aromatic heterocycles. The molecule has 18 heavy (non-hydrogen) atoms. The molecule has 1 atom stereocenters. The average Bonchev–Trinajstić information content (AvgIpc) is 2.41. The molecule has 0 fully saturated rings. The Morgan fingerprint density at radius 1 is 1.11 bits per heavy atom. The Hall–Kier alpha value is -1.05. The van der Waals surface area contributed by atoms with Crippen LogP contribution in [0.2, 0.25) is 5.02 Å². The van der Waals surface area contributed by atoms with Crippen molar-refractivity contribution in [1.29, 1.82) is 0 Å². The molecule has 0 bridgehead atoms. The number of hydrogen-bond donors (Lipinski definition) is 0. The highest BCUT2D eigenvalue weighted by atomic mass is 35.5. The number of alkyl halides is 1. The van der Waals surface area contributed by atoms with Crippen molar-refractivity contribution in [3.05, 3.63) is 70.0 Å². The molecule has 0 radical (unpaired) electrons. The molecule has 0 heterocycles. The van der Waals surface area contributed by atoms with Gasteiger partial charge in [0.2, 0.25) is 0 Å². The average molecular weight is 283 g/mol. The van der Waals surface area contributed by atoms with E-state index in [4.69, 9.17) is 23.2 Å². The first kappa shape index (κ1) is 13.4. The van der Waals surface area contributed by atoms with Crippen LogP contribution in [-0.2, 0) is 6.42 Å². The molecule has 0 spiro atoms. The number of rotatable bonds is 3. The van der Waals surface area contributed by atoms with Gasteiger partial charge in [-0.15, -0.1) is 11.6 Å². The van der Waals surface area contributed by atoms with Crippen molar-refractivity contribution in [2.24, 2.45) is 0 Å². The van der Waals surface area contributed by atoms with Gasteiger partial charge in [0.25, 0.3) is 0 Å². The van der Waals surface area contributed by atoms with Crippen molar-refractivity contribution in [2.45, 2.75) is 18.7 Å². The van der Waals surface area contributed by atoms with E-state index in [0.29, 0.717) is 5.56 Å². The molecule has 0 saturated heterocycles. The fourth-order valence-corrected chi connectivity index (χ4v) is 2.31. The standard InChI is InChI=1S/C15H13Cl2F/c1-2-10-6-8-11(9-7-10)14(17)12-4-3-5-13(16)15(12)18/h3-9,14H,2H2,1H3. The van der Waals surface area contributed by atoms with Gasteiger partial charge in [0, 0.05) is 5.56 Å². The van der Waals surface area contributed by atoms with Crippen LogP contribution in [-0.4, -0.2) is 0 Å². The molecular formula is C15H13Cl2F. The summed E-state index contributed by atoms with van der Waals surface area (Å²) < 4.78 is 13.9. The van der Waals surface area contributed by atoms with Crippen LogP contribution in [0.25, 0.3) is 0 Å². The van der Waals surface area contributed by atoms with Gasteiger partial charge in [-0.3, -0.25) is 0 Å². The number of benzene rings is 2. The minimum Gasteiger partial charge on any atom is -0.205 e. The van der Waals surface area contributed by atoms with Crippen molar-refractivity contribution < 1.29 is 4.39 Å². The van der Waals surface area contributed by atoms with Crippen LogP contribution in [0.3, 0.4) is 0 Å². The maximum Gasteiger partial charge on any atom is 0.146 e. The zero-order valence-electron chi connectivity index (χ0n) is 9.96. The van der Waals surface area contributed by atoms with Gasteiger partial charge >= 0.3 is 0 Å². The first-order chi connectivity index (χ1) is 8.63. The minimum atomic E-state index is -0.519. The lowest BCUT2D eigenvalue weighted by molar-refractivity contribution is 0.613. The quantitative estimate of drug-likeness (QED) is 0.664. The lowest BCUT2D eigenvalue weighted by atomic mass is 10.0. The summed E-state index contributed by atoms with van der Waals surface area (Å²) in [7, 11) is 0. The molecule has 1 unspecified atom stereocenters. The largest absolute Gasteiger partial charge is 0.205 e. The Bertz CT molecular complexity index is 535. The molecule has 2 aromatic rings. The molecule has 0 aliphatic rings. The molecule has 2 rings (SSSR count). The van der Waals surface area contributed by atoms with Crippen molar-refractivity contribution in [3.63, 3.8) is 0 Å². The Morgan fingerprint density at radius 2 is 1.78 bits per heavy atom. The van der Waals surface area contributed by atoms with Crippen LogP contribution in [0.5, 0.6) is 0 Å². The first-order valence-electron chi connectivity index (χ1n) is 5.80. The highest BCUT2D eigenvalue weighted by Gasteiger charge is 2.16. The van der Waals surface area contributed by atoms with E-state index >= 15 is 0 Å². The maximum atomic E-state index is 13.9. The molecule has 0 aliphatic carbocycles. The zero-order chi connectivity index (χ0) is 13.1. The first-order valence-corrected chi connectivity index (χ1v) is 6.61. The van der Waals surface area contributed by atoms with Crippen LogP contribution in [0.4, 0.5) is 4.39 Å². The Morgan fingerprint density at radius 3 is 2.39 bits per heavy atom. The molecule has 0 N–H and O–H groups in total.